The van der Waals surface area contributed by atoms with Crippen molar-refractivity contribution in [3.8, 4) is 5.75 Å². The van der Waals surface area contributed by atoms with E-state index in [0.717, 1.165) is 6.42 Å². The van der Waals surface area contributed by atoms with E-state index in [2.05, 4.69) is 0 Å². The van der Waals surface area contributed by atoms with Gasteiger partial charge in [0.25, 0.3) is 0 Å². The van der Waals surface area contributed by atoms with Crippen molar-refractivity contribution in [3.63, 3.8) is 0 Å². The minimum Gasteiger partial charge on any atom is -0.494 e. The number of carboxylic acid groups (broad SMARTS) is 1. The Kier molecular flexibility index (Phi) is 5.65. The third kappa shape index (κ3) is 3.74. The molecule has 0 radical (unpaired) electrons. The summed E-state index contributed by atoms with van der Waals surface area (Å²) in [4.78, 5) is 11.0. The summed E-state index contributed by atoms with van der Waals surface area (Å²) in [5.74, 6) is -1.11. The zero-order chi connectivity index (χ0) is 13.5. The van der Waals surface area contributed by atoms with Crippen LogP contribution in [0.4, 0.5) is 0 Å². The van der Waals surface area contributed by atoms with Crippen molar-refractivity contribution < 1.29 is 19.7 Å². The zero-order valence-corrected chi connectivity index (χ0v) is 10.8. The molecule has 0 amide bonds. The maximum atomic E-state index is 11.0. The molecule has 4 nitrogen and oxygen atoms in total. The molecule has 0 aliphatic rings. The van der Waals surface area contributed by atoms with Gasteiger partial charge in [0.2, 0.25) is 0 Å². The largest absolute Gasteiger partial charge is 0.494 e. The van der Waals surface area contributed by atoms with Crippen molar-refractivity contribution in [3.05, 3.63) is 29.8 Å². The van der Waals surface area contributed by atoms with E-state index in [1.165, 1.54) is 0 Å². The van der Waals surface area contributed by atoms with Gasteiger partial charge in [-0.3, -0.25) is 4.79 Å². The summed E-state index contributed by atoms with van der Waals surface area (Å²) in [7, 11) is 0. The number of carbonyl (C=O) groups is 1. The first-order valence-corrected chi connectivity index (χ1v) is 6.23. The molecule has 0 spiro atoms. The number of rotatable bonds is 7. The van der Waals surface area contributed by atoms with E-state index < -0.39 is 18.0 Å². The van der Waals surface area contributed by atoms with Crippen LogP contribution in [0, 0.1) is 5.92 Å². The van der Waals surface area contributed by atoms with Gasteiger partial charge in [-0.1, -0.05) is 26.0 Å². The highest BCUT2D eigenvalue weighted by molar-refractivity contribution is 5.71. The number of aliphatic hydroxyl groups excluding tert-OH is 1. The van der Waals surface area contributed by atoms with Crippen molar-refractivity contribution in [2.24, 2.45) is 5.92 Å². The summed E-state index contributed by atoms with van der Waals surface area (Å²) in [5.41, 5.74) is 0.581. The number of carboxylic acids is 1. The molecule has 0 heterocycles. The van der Waals surface area contributed by atoms with Crippen LogP contribution in [0.3, 0.4) is 0 Å². The Balaban J connectivity index is 2.84. The van der Waals surface area contributed by atoms with Crippen molar-refractivity contribution in [1.29, 1.82) is 0 Å². The van der Waals surface area contributed by atoms with E-state index in [-0.39, 0.29) is 0 Å². The summed E-state index contributed by atoms with van der Waals surface area (Å²) in [6.45, 7) is 4.37. The first-order chi connectivity index (χ1) is 8.60. The number of aliphatic carboxylic acids is 1. The van der Waals surface area contributed by atoms with Gasteiger partial charge in [0, 0.05) is 0 Å². The number of hydrogen-bond acceptors (Lipinski definition) is 3. The molecule has 18 heavy (non-hydrogen) atoms. The standard InChI is InChI=1S/C14H20O4/c1-3-8-18-11-7-5-6-10(9-11)13(15)12(4-2)14(16)17/h5-7,9,12-13,15H,3-4,8H2,1-2H3,(H,16,17). The minimum absolute atomic E-state index is 0.385. The van der Waals surface area contributed by atoms with E-state index in [9.17, 15) is 9.90 Å². The third-order valence-electron chi connectivity index (χ3n) is 2.81. The SMILES string of the molecule is CCCOc1cccc(C(O)C(CC)C(=O)O)c1. The van der Waals surface area contributed by atoms with Crippen LogP contribution in [0.5, 0.6) is 5.75 Å². The molecule has 2 N–H and O–H groups in total. The second kappa shape index (κ2) is 7.01. The van der Waals surface area contributed by atoms with Gasteiger partial charge in [0.05, 0.1) is 18.6 Å². The average molecular weight is 252 g/mol. The molecule has 0 saturated heterocycles. The van der Waals surface area contributed by atoms with Crippen molar-refractivity contribution >= 4 is 5.97 Å². The lowest BCUT2D eigenvalue weighted by atomic mass is 9.93. The molecular weight excluding hydrogens is 232 g/mol. The van der Waals surface area contributed by atoms with Crippen LogP contribution >= 0.6 is 0 Å². The molecule has 100 valence electrons. The quantitative estimate of drug-likeness (QED) is 0.782. The highest BCUT2D eigenvalue weighted by Crippen LogP contribution is 2.27. The fourth-order valence-electron chi connectivity index (χ4n) is 1.77. The lowest BCUT2D eigenvalue weighted by molar-refractivity contribution is -0.146. The molecule has 0 saturated carbocycles. The van der Waals surface area contributed by atoms with Crippen molar-refractivity contribution in [2.45, 2.75) is 32.8 Å². The summed E-state index contributed by atoms with van der Waals surface area (Å²) in [6.07, 6.45) is 0.286. The third-order valence-corrected chi connectivity index (χ3v) is 2.81. The predicted octanol–water partition coefficient (Wildman–Crippen LogP) is 2.62. The smallest absolute Gasteiger partial charge is 0.309 e. The predicted molar refractivity (Wildman–Crippen MR) is 68.6 cm³/mol. The Hall–Kier alpha value is -1.55. The van der Waals surface area contributed by atoms with Gasteiger partial charge < -0.3 is 14.9 Å². The zero-order valence-electron chi connectivity index (χ0n) is 10.8. The second-order valence-electron chi connectivity index (χ2n) is 4.22. The van der Waals surface area contributed by atoms with Crippen LogP contribution in [-0.4, -0.2) is 22.8 Å². The van der Waals surface area contributed by atoms with Crippen LogP contribution in [0.1, 0.15) is 38.4 Å². The molecule has 1 aromatic carbocycles. The molecule has 1 rings (SSSR count). The normalized spacial score (nSPS) is 13.9. The minimum atomic E-state index is -1.00. The maximum absolute atomic E-state index is 11.0. The molecule has 0 fully saturated rings. The number of hydrogen-bond donors (Lipinski definition) is 2. The van der Waals surface area contributed by atoms with E-state index in [4.69, 9.17) is 9.84 Å². The Morgan fingerprint density at radius 3 is 2.67 bits per heavy atom. The summed E-state index contributed by atoms with van der Waals surface area (Å²) < 4.78 is 5.46. The summed E-state index contributed by atoms with van der Waals surface area (Å²) in [6, 6.07) is 6.98. The topological polar surface area (TPSA) is 66.8 Å². The number of ether oxygens (including phenoxy) is 1. The first kappa shape index (κ1) is 14.5. The van der Waals surface area contributed by atoms with Gasteiger partial charge >= 0.3 is 5.97 Å². The van der Waals surface area contributed by atoms with Gasteiger partial charge in [0.15, 0.2) is 0 Å². The first-order valence-electron chi connectivity index (χ1n) is 6.23. The number of aliphatic hydroxyl groups is 1. The number of benzene rings is 1. The monoisotopic (exact) mass is 252 g/mol. The molecule has 2 unspecified atom stereocenters. The van der Waals surface area contributed by atoms with E-state index in [0.29, 0.717) is 24.3 Å². The average Bonchev–Trinajstić information content (AvgIpc) is 2.37. The Morgan fingerprint density at radius 1 is 1.39 bits per heavy atom. The molecular formula is C14H20O4. The van der Waals surface area contributed by atoms with Crippen LogP contribution in [0.2, 0.25) is 0 Å². The molecule has 0 aliphatic carbocycles. The van der Waals surface area contributed by atoms with Crippen molar-refractivity contribution in [1.82, 2.24) is 0 Å². The van der Waals surface area contributed by atoms with E-state index >= 15 is 0 Å². The van der Waals surface area contributed by atoms with Crippen LogP contribution in [0.25, 0.3) is 0 Å². The fourth-order valence-corrected chi connectivity index (χ4v) is 1.77. The van der Waals surface area contributed by atoms with E-state index in [1.54, 1.807) is 31.2 Å². The van der Waals surface area contributed by atoms with Gasteiger partial charge in [-0.25, -0.2) is 0 Å². The summed E-state index contributed by atoms with van der Waals surface area (Å²) in [5, 5.41) is 19.1. The van der Waals surface area contributed by atoms with Crippen LogP contribution < -0.4 is 4.74 Å². The van der Waals surface area contributed by atoms with Crippen molar-refractivity contribution in [2.75, 3.05) is 6.61 Å². The summed E-state index contributed by atoms with van der Waals surface area (Å²) >= 11 is 0. The second-order valence-corrected chi connectivity index (χ2v) is 4.22. The van der Waals surface area contributed by atoms with Gasteiger partial charge in [-0.05, 0) is 30.5 Å². The van der Waals surface area contributed by atoms with Gasteiger partial charge in [0.1, 0.15) is 5.75 Å². The molecule has 2 atom stereocenters. The van der Waals surface area contributed by atoms with E-state index in [1.807, 2.05) is 6.92 Å². The maximum Gasteiger partial charge on any atom is 0.309 e. The molecule has 0 aromatic heterocycles. The fraction of sp³-hybridized carbons (Fsp3) is 0.500. The lowest BCUT2D eigenvalue weighted by Gasteiger charge is -2.18. The Labute approximate surface area is 107 Å². The molecule has 1 aromatic rings. The lowest BCUT2D eigenvalue weighted by Crippen LogP contribution is -2.21. The van der Waals surface area contributed by atoms with Crippen LogP contribution in [-0.2, 0) is 4.79 Å². The van der Waals surface area contributed by atoms with Gasteiger partial charge in [-0.15, -0.1) is 0 Å². The highest BCUT2D eigenvalue weighted by Gasteiger charge is 2.26. The molecule has 0 bridgehead atoms. The van der Waals surface area contributed by atoms with Crippen LogP contribution in [0.15, 0.2) is 24.3 Å². The Bertz CT molecular complexity index is 389. The molecule has 0 aliphatic heterocycles. The van der Waals surface area contributed by atoms with Gasteiger partial charge in [-0.2, -0.15) is 0 Å². The Morgan fingerprint density at radius 2 is 2.11 bits per heavy atom. The molecule has 4 heteroatoms. The highest BCUT2D eigenvalue weighted by atomic mass is 16.5.